The van der Waals surface area contributed by atoms with Gasteiger partial charge in [0.05, 0.1) is 6.54 Å². The Hall–Kier alpha value is -1.67. The van der Waals surface area contributed by atoms with Crippen molar-refractivity contribution in [1.82, 2.24) is 20.5 Å². The zero-order valence-electron chi connectivity index (χ0n) is 11.7. The highest BCUT2D eigenvalue weighted by molar-refractivity contribution is 7.09. The second kappa shape index (κ2) is 8.49. The predicted molar refractivity (Wildman–Crippen MR) is 77.1 cm³/mol. The molecule has 1 heterocycles. The van der Waals surface area contributed by atoms with Crippen LogP contribution in [0.3, 0.4) is 0 Å². The molecule has 0 saturated carbocycles. The lowest BCUT2D eigenvalue weighted by molar-refractivity contribution is 0.0691. The van der Waals surface area contributed by atoms with Gasteiger partial charge < -0.3 is 20.6 Å². The third-order valence-corrected chi connectivity index (χ3v) is 3.63. The van der Waals surface area contributed by atoms with Gasteiger partial charge in [0, 0.05) is 18.5 Å². The molecule has 20 heavy (non-hydrogen) atoms. The first kappa shape index (κ1) is 16.4. The minimum atomic E-state index is -1.06. The first-order valence-corrected chi connectivity index (χ1v) is 7.36. The Kier molecular flexibility index (Phi) is 6.96. The number of amides is 2. The molecular weight excluding hydrogens is 280 g/mol. The van der Waals surface area contributed by atoms with E-state index in [9.17, 15) is 9.59 Å². The number of aromatic carboxylic acids is 1. The summed E-state index contributed by atoms with van der Waals surface area (Å²) in [4.78, 5) is 28.3. The molecule has 2 amide bonds. The number of urea groups is 1. The van der Waals surface area contributed by atoms with E-state index in [1.165, 1.54) is 16.7 Å². The lowest BCUT2D eigenvalue weighted by Gasteiger charge is -2.17. The predicted octanol–water partition coefficient (Wildman–Crippen LogP) is 0.982. The number of hydrogen-bond donors (Lipinski definition) is 3. The van der Waals surface area contributed by atoms with Gasteiger partial charge in [0.15, 0.2) is 5.69 Å². The summed E-state index contributed by atoms with van der Waals surface area (Å²) in [5.41, 5.74) is 0.00809. The monoisotopic (exact) mass is 300 g/mol. The summed E-state index contributed by atoms with van der Waals surface area (Å²) in [5, 5.41) is 16.2. The third-order valence-electron chi connectivity index (χ3n) is 2.78. The summed E-state index contributed by atoms with van der Waals surface area (Å²) in [6.45, 7) is 7.67. The van der Waals surface area contributed by atoms with E-state index >= 15 is 0 Å². The van der Waals surface area contributed by atoms with Crippen molar-refractivity contribution in [3.63, 3.8) is 0 Å². The Morgan fingerprint density at radius 3 is 2.60 bits per heavy atom. The van der Waals surface area contributed by atoms with E-state index in [0.29, 0.717) is 11.6 Å². The van der Waals surface area contributed by atoms with Gasteiger partial charge in [-0.15, -0.1) is 11.3 Å². The number of thiazole rings is 1. The van der Waals surface area contributed by atoms with Gasteiger partial charge in [-0.3, -0.25) is 0 Å². The molecule has 0 saturated heterocycles. The molecule has 1 aromatic rings. The van der Waals surface area contributed by atoms with Crippen LogP contribution in [0.5, 0.6) is 0 Å². The van der Waals surface area contributed by atoms with Gasteiger partial charge in [-0.25, -0.2) is 14.6 Å². The van der Waals surface area contributed by atoms with Crippen LogP contribution in [0.4, 0.5) is 4.79 Å². The first-order valence-electron chi connectivity index (χ1n) is 6.48. The summed E-state index contributed by atoms with van der Waals surface area (Å²) in [5.74, 6) is -1.06. The van der Waals surface area contributed by atoms with E-state index in [1.807, 2.05) is 0 Å². The van der Waals surface area contributed by atoms with E-state index in [1.54, 1.807) is 0 Å². The van der Waals surface area contributed by atoms with E-state index < -0.39 is 5.97 Å². The van der Waals surface area contributed by atoms with Gasteiger partial charge >= 0.3 is 12.0 Å². The highest BCUT2D eigenvalue weighted by Gasteiger charge is 2.09. The van der Waals surface area contributed by atoms with Crippen molar-refractivity contribution >= 4 is 23.3 Å². The van der Waals surface area contributed by atoms with Crippen molar-refractivity contribution in [2.75, 3.05) is 26.2 Å². The lowest BCUT2D eigenvalue weighted by Crippen LogP contribution is -2.40. The maximum absolute atomic E-state index is 11.5. The fraction of sp³-hybridized carbons (Fsp3) is 0.583. The zero-order valence-corrected chi connectivity index (χ0v) is 12.5. The van der Waals surface area contributed by atoms with Crippen LogP contribution in [0.1, 0.15) is 29.3 Å². The normalized spacial score (nSPS) is 10.6. The molecule has 8 heteroatoms. The Balaban J connectivity index is 2.24. The largest absolute Gasteiger partial charge is 0.476 e. The topological polar surface area (TPSA) is 94.6 Å². The van der Waals surface area contributed by atoms with Crippen LogP contribution in [-0.4, -0.2) is 53.2 Å². The van der Waals surface area contributed by atoms with Gasteiger partial charge in [0.25, 0.3) is 0 Å². The summed E-state index contributed by atoms with van der Waals surface area (Å²) in [6, 6.07) is -0.274. The van der Waals surface area contributed by atoms with Gasteiger partial charge in [0.2, 0.25) is 0 Å². The summed E-state index contributed by atoms with van der Waals surface area (Å²) in [7, 11) is 0. The number of aromatic nitrogens is 1. The molecule has 0 unspecified atom stereocenters. The molecule has 0 aromatic carbocycles. The van der Waals surface area contributed by atoms with Crippen molar-refractivity contribution in [1.29, 1.82) is 0 Å². The molecule has 0 aliphatic carbocycles. The fourth-order valence-electron chi connectivity index (χ4n) is 1.58. The Morgan fingerprint density at radius 1 is 1.35 bits per heavy atom. The number of nitrogens with one attached hydrogen (secondary N) is 2. The molecule has 0 spiro atoms. The van der Waals surface area contributed by atoms with Gasteiger partial charge in [-0.1, -0.05) is 13.8 Å². The molecule has 1 aromatic heterocycles. The quantitative estimate of drug-likeness (QED) is 0.665. The molecule has 0 aliphatic rings. The highest BCUT2D eigenvalue weighted by atomic mass is 32.1. The van der Waals surface area contributed by atoms with Crippen molar-refractivity contribution < 1.29 is 14.7 Å². The summed E-state index contributed by atoms with van der Waals surface area (Å²) in [6.07, 6.45) is 0. The lowest BCUT2D eigenvalue weighted by atomic mass is 10.4. The highest BCUT2D eigenvalue weighted by Crippen LogP contribution is 2.09. The van der Waals surface area contributed by atoms with Crippen LogP contribution in [0.2, 0.25) is 0 Å². The molecule has 0 aliphatic heterocycles. The molecule has 0 fully saturated rings. The Bertz CT molecular complexity index is 446. The molecule has 0 bridgehead atoms. The standard InChI is InChI=1S/C12H20N4O3S/c1-3-16(4-2)6-5-13-12(19)14-7-10-15-9(8-20-10)11(17)18/h8H,3-7H2,1-2H3,(H,17,18)(H2,13,14,19). The maximum atomic E-state index is 11.5. The fourth-order valence-corrected chi connectivity index (χ4v) is 2.28. The van der Waals surface area contributed by atoms with Crippen molar-refractivity contribution in [3.8, 4) is 0 Å². The molecule has 1 rings (SSSR count). The smallest absolute Gasteiger partial charge is 0.355 e. The summed E-state index contributed by atoms with van der Waals surface area (Å²) < 4.78 is 0. The van der Waals surface area contributed by atoms with Crippen molar-refractivity contribution in [3.05, 3.63) is 16.1 Å². The number of carbonyl (C=O) groups excluding carboxylic acids is 1. The second-order valence-electron chi connectivity index (χ2n) is 4.07. The number of rotatable bonds is 8. The second-order valence-corrected chi connectivity index (χ2v) is 5.01. The van der Waals surface area contributed by atoms with E-state index in [0.717, 1.165) is 19.6 Å². The molecular formula is C12H20N4O3S. The Morgan fingerprint density at radius 2 is 2.05 bits per heavy atom. The van der Waals surface area contributed by atoms with Crippen LogP contribution in [0.15, 0.2) is 5.38 Å². The molecule has 7 nitrogen and oxygen atoms in total. The molecule has 112 valence electrons. The van der Waals surface area contributed by atoms with Crippen molar-refractivity contribution in [2.45, 2.75) is 20.4 Å². The van der Waals surface area contributed by atoms with Crippen LogP contribution < -0.4 is 10.6 Å². The molecule has 3 N–H and O–H groups in total. The van der Waals surface area contributed by atoms with Crippen LogP contribution in [-0.2, 0) is 6.54 Å². The zero-order chi connectivity index (χ0) is 15.0. The SMILES string of the molecule is CCN(CC)CCNC(=O)NCc1nc(C(=O)O)cs1. The van der Waals surface area contributed by atoms with E-state index in [2.05, 4.69) is 34.4 Å². The number of carbonyl (C=O) groups is 2. The number of carboxylic acids is 1. The number of likely N-dealkylation sites (N-methyl/N-ethyl adjacent to an activating group) is 1. The van der Waals surface area contributed by atoms with Crippen molar-refractivity contribution in [2.24, 2.45) is 0 Å². The van der Waals surface area contributed by atoms with Gasteiger partial charge in [-0.2, -0.15) is 0 Å². The van der Waals surface area contributed by atoms with Crippen LogP contribution in [0, 0.1) is 0 Å². The molecule has 0 radical (unpaired) electrons. The number of hydrogen-bond acceptors (Lipinski definition) is 5. The average molecular weight is 300 g/mol. The minimum absolute atomic E-state index is 0.00809. The third kappa shape index (κ3) is 5.54. The molecule has 0 atom stereocenters. The van der Waals surface area contributed by atoms with E-state index in [-0.39, 0.29) is 18.3 Å². The van der Waals surface area contributed by atoms with Gasteiger partial charge in [-0.05, 0) is 13.1 Å². The minimum Gasteiger partial charge on any atom is -0.476 e. The first-order chi connectivity index (χ1) is 9.56. The van der Waals surface area contributed by atoms with Crippen LogP contribution >= 0.6 is 11.3 Å². The average Bonchev–Trinajstić information content (AvgIpc) is 2.90. The maximum Gasteiger partial charge on any atom is 0.355 e. The summed E-state index contributed by atoms with van der Waals surface area (Å²) >= 11 is 1.21. The number of carboxylic acid groups (broad SMARTS) is 1. The number of nitrogens with zero attached hydrogens (tertiary/aromatic N) is 2. The van der Waals surface area contributed by atoms with Gasteiger partial charge in [0.1, 0.15) is 5.01 Å². The Labute approximate surface area is 122 Å². The van der Waals surface area contributed by atoms with E-state index in [4.69, 9.17) is 5.11 Å². The van der Waals surface area contributed by atoms with Crippen LogP contribution in [0.25, 0.3) is 0 Å².